The first kappa shape index (κ1) is 23.4. The molecule has 0 saturated carbocycles. The van der Waals surface area contributed by atoms with Crippen molar-refractivity contribution in [3.8, 4) is 39.6 Å². The number of aromatic nitrogens is 3. The van der Waals surface area contributed by atoms with Gasteiger partial charge in [0, 0.05) is 32.8 Å². The van der Waals surface area contributed by atoms with Gasteiger partial charge in [-0.15, -0.1) is 0 Å². The van der Waals surface area contributed by atoms with Gasteiger partial charge < -0.3 is 4.57 Å². The van der Waals surface area contributed by atoms with Crippen LogP contribution in [0.4, 0.5) is 0 Å². The number of rotatable bonds is 4. The van der Waals surface area contributed by atoms with E-state index in [4.69, 9.17) is 9.97 Å². The van der Waals surface area contributed by atoms with Crippen LogP contribution in [0.3, 0.4) is 0 Å². The van der Waals surface area contributed by atoms with E-state index in [-0.39, 0.29) is 0 Å². The van der Waals surface area contributed by atoms with E-state index in [0.29, 0.717) is 0 Å². The van der Waals surface area contributed by atoms with Crippen molar-refractivity contribution in [1.29, 1.82) is 0 Å². The largest absolute Gasteiger partial charge is 0.309 e. The van der Waals surface area contributed by atoms with Crippen molar-refractivity contribution in [2.45, 2.75) is 0 Å². The summed E-state index contributed by atoms with van der Waals surface area (Å²) in [5.41, 5.74) is 8.52. The summed E-state index contributed by atoms with van der Waals surface area (Å²) in [5.74, 6) is 0.720. The molecule has 3 nitrogen and oxygen atoms in total. The second-order valence-electron chi connectivity index (χ2n) is 10.2. The van der Waals surface area contributed by atoms with Crippen LogP contribution in [0.15, 0.2) is 152 Å². The summed E-state index contributed by atoms with van der Waals surface area (Å²) < 4.78 is 2.39. The Labute approximate surface area is 238 Å². The lowest BCUT2D eigenvalue weighted by atomic mass is 9.99. The van der Waals surface area contributed by atoms with Gasteiger partial charge in [0.1, 0.15) is 0 Å². The van der Waals surface area contributed by atoms with Crippen molar-refractivity contribution in [2.75, 3.05) is 0 Å². The number of para-hydroxylation sites is 2. The van der Waals surface area contributed by atoms with Gasteiger partial charge in [-0.1, -0.05) is 127 Å². The molecule has 0 fully saturated rings. The Balaban J connectivity index is 1.39. The van der Waals surface area contributed by atoms with Gasteiger partial charge in [0.25, 0.3) is 0 Å². The van der Waals surface area contributed by atoms with Gasteiger partial charge in [-0.05, 0) is 29.7 Å². The van der Waals surface area contributed by atoms with E-state index < -0.39 is 0 Å². The molecule has 192 valence electrons. The molecule has 2 heterocycles. The molecule has 0 unspecified atom stereocenters. The third kappa shape index (κ3) is 3.90. The van der Waals surface area contributed by atoms with E-state index in [0.717, 1.165) is 45.0 Å². The van der Waals surface area contributed by atoms with Crippen molar-refractivity contribution in [3.05, 3.63) is 152 Å². The normalized spacial score (nSPS) is 11.4. The van der Waals surface area contributed by atoms with Crippen LogP contribution in [0.5, 0.6) is 0 Å². The molecule has 2 aromatic heterocycles. The third-order valence-electron chi connectivity index (χ3n) is 7.82. The van der Waals surface area contributed by atoms with Crippen molar-refractivity contribution in [1.82, 2.24) is 14.5 Å². The van der Waals surface area contributed by atoms with Crippen molar-refractivity contribution >= 4 is 32.6 Å². The quantitative estimate of drug-likeness (QED) is 0.230. The van der Waals surface area contributed by atoms with Gasteiger partial charge >= 0.3 is 0 Å². The molecule has 0 spiro atoms. The average molecular weight is 524 g/mol. The first-order valence-corrected chi connectivity index (χ1v) is 13.9. The molecule has 0 radical (unpaired) electrons. The number of hydrogen-bond acceptors (Lipinski definition) is 2. The smallest absolute Gasteiger partial charge is 0.160 e. The Morgan fingerprint density at radius 1 is 0.390 bits per heavy atom. The van der Waals surface area contributed by atoms with Crippen LogP contribution in [0.2, 0.25) is 0 Å². The molecule has 0 saturated heterocycles. The van der Waals surface area contributed by atoms with Gasteiger partial charge in [0.05, 0.1) is 28.1 Å². The lowest BCUT2D eigenvalue weighted by Crippen LogP contribution is -1.98. The minimum absolute atomic E-state index is 0.720. The van der Waals surface area contributed by atoms with Crippen LogP contribution in [0.1, 0.15) is 0 Å². The monoisotopic (exact) mass is 523 g/mol. The summed E-state index contributed by atoms with van der Waals surface area (Å²) in [4.78, 5) is 10.1. The fourth-order valence-corrected chi connectivity index (χ4v) is 5.95. The second kappa shape index (κ2) is 9.58. The van der Waals surface area contributed by atoms with Crippen LogP contribution in [-0.2, 0) is 0 Å². The van der Waals surface area contributed by atoms with Crippen molar-refractivity contribution < 1.29 is 0 Å². The van der Waals surface area contributed by atoms with Crippen LogP contribution >= 0.6 is 0 Å². The SMILES string of the molecule is c1ccc(-c2cc(-c3cccc4c(-n5c6ccccc6c6ccccc65)cccc34)nc(-c3ccccc3)n2)cc1. The zero-order chi connectivity index (χ0) is 27.2. The number of nitrogens with zero attached hydrogens (tertiary/aromatic N) is 3. The Kier molecular flexibility index (Phi) is 5.46. The molecule has 0 bridgehead atoms. The fraction of sp³-hybridized carbons (Fsp3) is 0. The number of hydrogen-bond donors (Lipinski definition) is 0. The Morgan fingerprint density at radius 2 is 0.927 bits per heavy atom. The van der Waals surface area contributed by atoms with E-state index in [1.165, 1.54) is 27.2 Å². The molecule has 8 rings (SSSR count). The molecule has 8 aromatic rings. The highest BCUT2D eigenvalue weighted by Crippen LogP contribution is 2.37. The van der Waals surface area contributed by atoms with Crippen molar-refractivity contribution in [3.63, 3.8) is 0 Å². The average Bonchev–Trinajstić information content (AvgIpc) is 3.39. The highest BCUT2D eigenvalue weighted by atomic mass is 15.0. The maximum atomic E-state index is 5.12. The van der Waals surface area contributed by atoms with Gasteiger partial charge in [0.2, 0.25) is 0 Å². The zero-order valence-corrected chi connectivity index (χ0v) is 22.3. The predicted octanol–water partition coefficient (Wildman–Crippen LogP) is 9.73. The van der Waals surface area contributed by atoms with Crippen LogP contribution in [-0.4, -0.2) is 14.5 Å². The van der Waals surface area contributed by atoms with Gasteiger partial charge in [-0.2, -0.15) is 0 Å². The topological polar surface area (TPSA) is 30.7 Å². The molecular formula is C38H25N3. The predicted molar refractivity (Wildman–Crippen MR) is 170 cm³/mol. The zero-order valence-electron chi connectivity index (χ0n) is 22.3. The highest BCUT2D eigenvalue weighted by molar-refractivity contribution is 6.11. The van der Waals surface area contributed by atoms with Gasteiger partial charge in [-0.25, -0.2) is 9.97 Å². The molecule has 0 aliphatic rings. The van der Waals surface area contributed by atoms with Crippen LogP contribution in [0, 0.1) is 0 Å². The first-order valence-electron chi connectivity index (χ1n) is 13.9. The molecule has 0 aliphatic heterocycles. The van der Waals surface area contributed by atoms with Crippen molar-refractivity contribution in [2.24, 2.45) is 0 Å². The standard InChI is InChI=1S/C38H25N3/c1-3-13-26(14-4-1)33-25-34(40-38(39-33)27-15-5-2-6-16-27)29-20-11-21-30-28(29)19-12-24-37(30)41-35-22-9-7-17-31(35)32-18-8-10-23-36(32)41/h1-25H. The third-order valence-corrected chi connectivity index (χ3v) is 7.82. The molecule has 0 amide bonds. The molecule has 3 heteroatoms. The van der Waals surface area contributed by atoms with Gasteiger partial charge in [-0.3, -0.25) is 0 Å². The van der Waals surface area contributed by atoms with E-state index in [2.05, 4.69) is 132 Å². The summed E-state index contributed by atoms with van der Waals surface area (Å²) in [7, 11) is 0. The minimum Gasteiger partial charge on any atom is -0.309 e. The lowest BCUT2D eigenvalue weighted by Gasteiger charge is -2.15. The first-order chi connectivity index (χ1) is 20.3. The maximum Gasteiger partial charge on any atom is 0.160 e. The second-order valence-corrected chi connectivity index (χ2v) is 10.2. The Morgan fingerprint density at radius 3 is 1.63 bits per heavy atom. The summed E-state index contributed by atoms with van der Waals surface area (Å²) in [6, 6.07) is 53.1. The summed E-state index contributed by atoms with van der Waals surface area (Å²) in [5, 5.41) is 4.85. The minimum atomic E-state index is 0.720. The molecule has 0 aliphatic carbocycles. The Bertz CT molecular complexity index is 2080. The molecule has 41 heavy (non-hydrogen) atoms. The van der Waals surface area contributed by atoms with Crippen LogP contribution in [0.25, 0.3) is 72.2 Å². The summed E-state index contributed by atoms with van der Waals surface area (Å²) in [6.07, 6.45) is 0. The van der Waals surface area contributed by atoms with E-state index >= 15 is 0 Å². The van der Waals surface area contributed by atoms with Gasteiger partial charge in [0.15, 0.2) is 5.82 Å². The number of benzene rings is 6. The van der Waals surface area contributed by atoms with E-state index in [9.17, 15) is 0 Å². The fourth-order valence-electron chi connectivity index (χ4n) is 5.95. The molecular weight excluding hydrogens is 498 g/mol. The molecule has 0 N–H and O–H groups in total. The Hall–Kier alpha value is -5.54. The summed E-state index contributed by atoms with van der Waals surface area (Å²) in [6.45, 7) is 0. The summed E-state index contributed by atoms with van der Waals surface area (Å²) >= 11 is 0. The maximum absolute atomic E-state index is 5.12. The molecule has 6 aromatic carbocycles. The van der Waals surface area contributed by atoms with E-state index in [1.807, 2.05) is 24.3 Å². The highest BCUT2D eigenvalue weighted by Gasteiger charge is 2.16. The molecule has 0 atom stereocenters. The van der Waals surface area contributed by atoms with E-state index in [1.54, 1.807) is 0 Å². The number of fused-ring (bicyclic) bond motifs is 4. The van der Waals surface area contributed by atoms with Crippen LogP contribution < -0.4 is 0 Å². The lowest BCUT2D eigenvalue weighted by molar-refractivity contribution is 1.18.